The fraction of sp³-hybridized carbons (Fsp3) is 0.440. The van der Waals surface area contributed by atoms with Crippen molar-refractivity contribution in [3.63, 3.8) is 0 Å². The van der Waals surface area contributed by atoms with Crippen LogP contribution in [-0.2, 0) is 26.0 Å². The average Bonchev–Trinajstić information content (AvgIpc) is 3.15. The first-order valence-corrected chi connectivity index (χ1v) is 13.1. The summed E-state index contributed by atoms with van der Waals surface area (Å²) < 4.78 is 33.6. The summed E-state index contributed by atoms with van der Waals surface area (Å²) in [5, 5.41) is 2.89. The van der Waals surface area contributed by atoms with Crippen molar-refractivity contribution in [2.24, 2.45) is 5.92 Å². The average molecular weight is 486 g/mol. The van der Waals surface area contributed by atoms with Crippen molar-refractivity contribution in [2.75, 3.05) is 29.9 Å². The topological polar surface area (TPSA) is 96.0 Å². The highest BCUT2D eigenvalue weighted by Gasteiger charge is 2.35. The number of hydrogen-bond donors (Lipinski definition) is 1. The van der Waals surface area contributed by atoms with E-state index in [9.17, 15) is 18.0 Å². The number of benzene rings is 2. The van der Waals surface area contributed by atoms with E-state index in [1.807, 2.05) is 13.8 Å². The van der Waals surface area contributed by atoms with Crippen LogP contribution in [0.1, 0.15) is 39.2 Å². The molecular formula is C25H31N3O5S. The first-order chi connectivity index (χ1) is 16.2. The number of amides is 2. The van der Waals surface area contributed by atoms with Crippen molar-refractivity contribution in [3.8, 4) is 5.75 Å². The maximum absolute atomic E-state index is 13.4. The number of carbonyl (C=O) groups is 2. The third kappa shape index (κ3) is 4.81. The third-order valence-electron chi connectivity index (χ3n) is 6.43. The van der Waals surface area contributed by atoms with E-state index in [1.165, 1.54) is 11.2 Å². The van der Waals surface area contributed by atoms with E-state index < -0.39 is 15.9 Å². The maximum atomic E-state index is 13.4. The summed E-state index contributed by atoms with van der Waals surface area (Å²) in [4.78, 5) is 26.8. The van der Waals surface area contributed by atoms with Crippen LogP contribution < -0.4 is 15.0 Å². The Morgan fingerprint density at radius 2 is 1.88 bits per heavy atom. The molecule has 182 valence electrons. The fourth-order valence-electron chi connectivity index (χ4n) is 4.82. The highest BCUT2D eigenvalue weighted by atomic mass is 32.2. The molecule has 1 saturated heterocycles. The minimum atomic E-state index is -3.76. The van der Waals surface area contributed by atoms with Crippen LogP contribution in [-0.4, -0.2) is 50.3 Å². The summed E-state index contributed by atoms with van der Waals surface area (Å²) in [6, 6.07) is 12.1. The van der Waals surface area contributed by atoms with E-state index in [1.54, 1.807) is 47.4 Å². The van der Waals surface area contributed by atoms with Crippen molar-refractivity contribution in [1.82, 2.24) is 4.31 Å². The van der Waals surface area contributed by atoms with E-state index in [0.717, 1.165) is 17.0 Å². The number of carbonyl (C=O) groups excluding carboxylic acids is 2. The van der Waals surface area contributed by atoms with Gasteiger partial charge in [-0.1, -0.05) is 0 Å². The second-order valence-electron chi connectivity index (χ2n) is 8.88. The number of ether oxygens (including phenoxy) is 1. The Bertz CT molecular complexity index is 1180. The molecule has 0 aliphatic carbocycles. The highest BCUT2D eigenvalue weighted by molar-refractivity contribution is 7.89. The number of sulfonamides is 1. The summed E-state index contributed by atoms with van der Waals surface area (Å²) in [6.07, 6.45) is 1.86. The molecule has 2 amide bonds. The van der Waals surface area contributed by atoms with Gasteiger partial charge in [0, 0.05) is 37.4 Å². The zero-order valence-corrected chi connectivity index (χ0v) is 20.6. The molecule has 2 atom stereocenters. The second-order valence-corrected chi connectivity index (χ2v) is 10.8. The largest absolute Gasteiger partial charge is 0.494 e. The van der Waals surface area contributed by atoms with E-state index >= 15 is 0 Å². The van der Waals surface area contributed by atoms with Crippen LogP contribution in [0.15, 0.2) is 47.4 Å². The molecule has 2 aromatic carbocycles. The van der Waals surface area contributed by atoms with Crippen molar-refractivity contribution in [2.45, 2.75) is 51.0 Å². The van der Waals surface area contributed by atoms with Crippen LogP contribution in [0.5, 0.6) is 5.75 Å². The van der Waals surface area contributed by atoms with E-state index in [-0.39, 0.29) is 29.3 Å². The monoisotopic (exact) mass is 485 g/mol. The minimum Gasteiger partial charge on any atom is -0.494 e. The number of anilines is 2. The standard InChI is InChI=1S/C25H31N3O5S/c1-4-33-22-9-7-21(8-10-22)26-25(30)19-6-5-13-27(16-19)34(31,32)23-11-12-24-20(15-23)14-17(2)28(24)18(3)29/h7-12,15,17,19H,4-6,13-14,16H2,1-3H3,(H,26,30)/t17-,19-/m1/s1. The van der Waals surface area contributed by atoms with Crippen LogP contribution in [0, 0.1) is 5.92 Å². The molecule has 0 unspecified atom stereocenters. The summed E-state index contributed by atoms with van der Waals surface area (Å²) in [6.45, 7) is 6.45. The molecule has 2 heterocycles. The predicted molar refractivity (Wildman–Crippen MR) is 130 cm³/mol. The Morgan fingerprint density at radius 1 is 1.15 bits per heavy atom. The van der Waals surface area contributed by atoms with Gasteiger partial charge in [0.2, 0.25) is 21.8 Å². The molecule has 0 bridgehead atoms. The molecule has 2 aromatic rings. The maximum Gasteiger partial charge on any atom is 0.243 e. The molecule has 0 saturated carbocycles. The van der Waals surface area contributed by atoms with Crippen LogP contribution in [0.25, 0.3) is 0 Å². The Labute approximate surface area is 200 Å². The van der Waals surface area contributed by atoms with Crippen LogP contribution in [0.4, 0.5) is 11.4 Å². The van der Waals surface area contributed by atoms with Crippen LogP contribution in [0.3, 0.4) is 0 Å². The Balaban J connectivity index is 1.46. The van der Waals surface area contributed by atoms with Crippen molar-refractivity contribution < 1.29 is 22.7 Å². The molecule has 0 radical (unpaired) electrons. The van der Waals surface area contributed by atoms with E-state index in [2.05, 4.69) is 5.32 Å². The minimum absolute atomic E-state index is 0.00359. The lowest BCUT2D eigenvalue weighted by molar-refractivity contribution is -0.121. The molecule has 9 heteroatoms. The first kappa shape index (κ1) is 24.2. The molecule has 4 rings (SSSR count). The zero-order valence-electron chi connectivity index (χ0n) is 19.8. The van der Waals surface area contributed by atoms with Gasteiger partial charge in [-0.3, -0.25) is 9.59 Å². The van der Waals surface area contributed by atoms with Crippen LogP contribution in [0.2, 0.25) is 0 Å². The molecule has 2 aliphatic rings. The van der Waals surface area contributed by atoms with Gasteiger partial charge in [0.1, 0.15) is 5.75 Å². The molecule has 2 aliphatic heterocycles. The molecule has 0 aromatic heterocycles. The number of nitrogens with zero attached hydrogens (tertiary/aromatic N) is 2. The smallest absolute Gasteiger partial charge is 0.243 e. The molecule has 1 N–H and O–H groups in total. The molecule has 34 heavy (non-hydrogen) atoms. The molecular weight excluding hydrogens is 454 g/mol. The van der Waals surface area contributed by atoms with Crippen molar-refractivity contribution >= 4 is 33.2 Å². The van der Waals surface area contributed by atoms with Gasteiger partial charge in [0.15, 0.2) is 0 Å². The Hall–Kier alpha value is -2.91. The van der Waals surface area contributed by atoms with E-state index in [0.29, 0.717) is 38.1 Å². The molecule has 0 spiro atoms. The normalized spacial score (nSPS) is 20.6. The summed E-state index contributed by atoms with van der Waals surface area (Å²) >= 11 is 0. The third-order valence-corrected chi connectivity index (χ3v) is 8.29. The number of fused-ring (bicyclic) bond motifs is 1. The lowest BCUT2D eigenvalue weighted by Gasteiger charge is -2.31. The Kier molecular flexibility index (Phi) is 6.95. The number of piperidine rings is 1. The van der Waals surface area contributed by atoms with Crippen molar-refractivity contribution in [1.29, 1.82) is 0 Å². The van der Waals surface area contributed by atoms with Crippen molar-refractivity contribution in [3.05, 3.63) is 48.0 Å². The predicted octanol–water partition coefficient (Wildman–Crippen LogP) is 3.42. The lowest BCUT2D eigenvalue weighted by atomic mass is 9.99. The van der Waals surface area contributed by atoms with Gasteiger partial charge in [0.05, 0.1) is 17.4 Å². The highest BCUT2D eigenvalue weighted by Crippen LogP contribution is 2.35. The molecule has 8 nitrogen and oxygen atoms in total. The second kappa shape index (κ2) is 9.76. The van der Waals surface area contributed by atoms with E-state index in [4.69, 9.17) is 4.74 Å². The van der Waals surface area contributed by atoms with Gasteiger partial charge in [-0.25, -0.2) is 8.42 Å². The molecule has 1 fully saturated rings. The van der Waals surface area contributed by atoms with Gasteiger partial charge in [-0.2, -0.15) is 4.31 Å². The Morgan fingerprint density at radius 3 is 2.56 bits per heavy atom. The van der Waals surface area contributed by atoms with Gasteiger partial charge in [-0.05, 0) is 81.1 Å². The fourth-order valence-corrected chi connectivity index (χ4v) is 6.39. The van der Waals surface area contributed by atoms with Crippen LogP contribution >= 0.6 is 0 Å². The number of hydrogen-bond acceptors (Lipinski definition) is 5. The summed E-state index contributed by atoms with van der Waals surface area (Å²) in [7, 11) is -3.76. The quantitative estimate of drug-likeness (QED) is 0.676. The van der Waals surface area contributed by atoms with Gasteiger partial charge < -0.3 is 15.0 Å². The van der Waals surface area contributed by atoms with Gasteiger partial charge in [-0.15, -0.1) is 0 Å². The summed E-state index contributed by atoms with van der Waals surface area (Å²) in [5.74, 6) is 0.0477. The zero-order chi connectivity index (χ0) is 24.5. The first-order valence-electron chi connectivity index (χ1n) is 11.7. The summed E-state index contributed by atoms with van der Waals surface area (Å²) in [5.41, 5.74) is 2.27. The van der Waals surface area contributed by atoms with Gasteiger partial charge in [0.25, 0.3) is 0 Å². The number of rotatable bonds is 6. The number of nitrogens with one attached hydrogen (secondary N) is 1. The SMILES string of the molecule is CCOc1ccc(NC(=O)[C@@H]2CCCN(S(=O)(=O)c3ccc4c(c3)C[C@@H](C)N4C(C)=O)C2)cc1. The lowest BCUT2D eigenvalue weighted by Crippen LogP contribution is -2.43. The van der Waals surface area contributed by atoms with Gasteiger partial charge >= 0.3 is 0 Å².